The van der Waals surface area contributed by atoms with Crippen LogP contribution in [0.15, 0.2) is 60.7 Å². The second-order valence-corrected chi connectivity index (χ2v) is 95.6. The molecular formula is C18H26O17Si18. The molecule has 53 heavy (non-hydrogen) atoms. The van der Waals surface area contributed by atoms with Crippen LogP contribution in [-0.2, 0) is 81.1 Å². The standard InChI is InChI=1S/C18H26O17Si18/c1-18(16-12-8-6-9-13-16,17-14-10-7-11-15-17)34-36-38(19)40(21)42(23)44(25)46(27)48(29)50(31)52(33)51(32)49(30)47(28)45(26)43(24)41(22)39(20)37(2)35-53(3,4)5/h6-15,37H,1-5H3. The van der Waals surface area contributed by atoms with Crippen molar-refractivity contribution >= 4 is 142 Å². The molecule has 17 nitrogen and oxygen atoms in total. The van der Waals surface area contributed by atoms with Gasteiger partial charge < -0.3 is 75.5 Å². The summed E-state index contributed by atoms with van der Waals surface area (Å²) in [6.07, 6.45) is 0. The maximum absolute atomic E-state index is 13.0. The van der Waals surface area contributed by atoms with E-state index in [4.69, 9.17) is 8.54 Å². The first-order chi connectivity index (χ1) is 24.5. The van der Waals surface area contributed by atoms with Crippen molar-refractivity contribution in [2.75, 3.05) is 0 Å². The van der Waals surface area contributed by atoms with E-state index in [1.165, 1.54) is 6.55 Å². The zero-order valence-corrected chi connectivity index (χ0v) is 46.4. The highest BCUT2D eigenvalue weighted by Gasteiger charge is 2.55. The Labute approximate surface area is 325 Å². The Bertz CT molecular complexity index is 2010. The molecule has 0 fully saturated rings. The van der Waals surface area contributed by atoms with Crippen molar-refractivity contribution in [3.63, 3.8) is 0 Å². The highest BCUT2D eigenvalue weighted by atomic mass is 30.1. The van der Waals surface area contributed by atoms with Crippen molar-refractivity contribution in [1.29, 1.82) is 0 Å². The summed E-state index contributed by atoms with van der Waals surface area (Å²) in [6, 6.07) is 17.3. The Balaban J connectivity index is 2.10. The largest absolute Gasteiger partial charge is 0.455 e. The van der Waals surface area contributed by atoms with Gasteiger partial charge in [0.2, 0.25) is 8.56 Å². The van der Waals surface area contributed by atoms with Gasteiger partial charge in [0.05, 0.1) is 0 Å². The Kier molecular flexibility index (Phi) is 19.3. The SMILES string of the molecule is C[SiH](O[Si](C)(C)C)[Si](=O)[Si](=O)[Si](=O)[Si](=O)[Si](=O)[Si](=O)[Si](=O)[Si](=O)[Si](=O)[Si](=O)[Si](=O)[Si](=O)[Si](=O)[Si](=O)[Si](=O)[Si]OC(C)(c1ccccc1)c1ccccc1. The van der Waals surface area contributed by atoms with Gasteiger partial charge in [-0.3, -0.25) is 0 Å². The third kappa shape index (κ3) is 12.9. The summed E-state index contributed by atoms with van der Waals surface area (Å²) in [5.74, 6) is 0. The van der Waals surface area contributed by atoms with E-state index < -0.39 is 148 Å². The van der Waals surface area contributed by atoms with Crippen molar-refractivity contribution in [2.24, 2.45) is 0 Å². The molecule has 0 aliphatic heterocycles. The van der Waals surface area contributed by atoms with Crippen molar-refractivity contribution < 1.29 is 75.5 Å². The average molecular weight is 1020 g/mol. The Hall–Kier alpha value is -0.736. The molecule has 0 bridgehead atoms. The van der Waals surface area contributed by atoms with Crippen LogP contribution in [0.1, 0.15) is 18.1 Å². The summed E-state index contributed by atoms with van der Waals surface area (Å²) in [7, 11) is -65.5. The molecule has 0 saturated carbocycles. The predicted molar refractivity (Wildman–Crippen MR) is 200 cm³/mol. The maximum Gasteiger partial charge on any atom is 0.381 e. The number of hydrogen-bond donors (Lipinski definition) is 0. The van der Waals surface area contributed by atoms with E-state index in [0.29, 0.717) is 11.1 Å². The van der Waals surface area contributed by atoms with Crippen molar-refractivity contribution in [1.82, 2.24) is 0 Å². The maximum atomic E-state index is 13.0. The molecule has 35 heteroatoms. The van der Waals surface area contributed by atoms with Gasteiger partial charge in [-0.05, 0) is 44.2 Å². The van der Waals surface area contributed by atoms with Crippen LogP contribution in [0.4, 0.5) is 0 Å². The minimum absolute atomic E-state index is 0.625. The molecule has 0 aromatic heterocycles. The summed E-state index contributed by atoms with van der Waals surface area (Å²) in [4.78, 5) is 0. The summed E-state index contributed by atoms with van der Waals surface area (Å²) in [6.45, 7) is 8.36. The van der Waals surface area contributed by atoms with Crippen LogP contribution in [0, 0.1) is 0 Å². The molecule has 2 aromatic rings. The van der Waals surface area contributed by atoms with Crippen LogP contribution in [0.5, 0.6) is 0 Å². The van der Waals surface area contributed by atoms with Crippen LogP contribution in [0.3, 0.4) is 0 Å². The van der Waals surface area contributed by atoms with Crippen LogP contribution >= 0.6 is 0 Å². The van der Waals surface area contributed by atoms with Gasteiger partial charge in [0.15, 0.2) is 8.32 Å². The molecule has 1 unspecified atom stereocenters. The first-order valence-corrected chi connectivity index (χ1v) is 58.7. The van der Waals surface area contributed by atoms with E-state index in [9.17, 15) is 66.9 Å². The monoisotopic (exact) mass is 1020 g/mol. The third-order valence-electron chi connectivity index (χ3n) is 6.80. The van der Waals surface area contributed by atoms with Crippen molar-refractivity contribution in [3.8, 4) is 0 Å². The summed E-state index contributed by atoms with van der Waals surface area (Å²) < 4.78 is 203. The second-order valence-electron chi connectivity index (χ2n) is 11.8. The molecule has 1 atom stereocenters. The number of hydrogen-bond acceptors (Lipinski definition) is 17. The summed E-state index contributed by atoms with van der Waals surface area (Å²) >= 11 is 0. The molecule has 0 saturated heterocycles. The highest BCUT2D eigenvalue weighted by Crippen LogP contribution is 2.32. The molecule has 2 aromatic carbocycles. The normalized spacial score (nSPS) is 11.6. The van der Waals surface area contributed by atoms with Gasteiger partial charge in [-0.1, -0.05) is 60.7 Å². The average Bonchev–Trinajstić information content (AvgIpc) is 3.15. The van der Waals surface area contributed by atoms with E-state index in [1.54, 1.807) is 87.2 Å². The Morgan fingerprint density at radius 1 is 0.491 bits per heavy atom. The van der Waals surface area contributed by atoms with E-state index in [0.717, 1.165) is 0 Å². The molecule has 0 aliphatic rings. The number of rotatable bonds is 22. The zero-order chi connectivity index (χ0) is 40.6. The first kappa shape index (κ1) is 48.4. The third-order valence-corrected chi connectivity index (χ3v) is 134. The van der Waals surface area contributed by atoms with Crippen molar-refractivity contribution in [2.45, 2.75) is 38.7 Å². The first-order valence-electron chi connectivity index (χ1n) is 14.8. The topological polar surface area (TPSA) is 275 Å². The van der Waals surface area contributed by atoms with Gasteiger partial charge in [-0.2, -0.15) is 0 Å². The highest BCUT2D eigenvalue weighted by molar-refractivity contribution is 7.81. The summed E-state index contributed by atoms with van der Waals surface area (Å²) in [5.41, 5.74) is 0.0320. The predicted octanol–water partition coefficient (Wildman–Crippen LogP) is -3.21. The zero-order valence-electron chi connectivity index (χ0n) is 28.3. The number of benzene rings is 2. The van der Waals surface area contributed by atoms with Gasteiger partial charge in [-0.15, -0.1) is 0 Å². The van der Waals surface area contributed by atoms with Gasteiger partial charge in [-0.25, -0.2) is 0 Å². The van der Waals surface area contributed by atoms with Crippen LogP contribution < -0.4 is 0 Å². The lowest BCUT2D eigenvalue weighted by atomic mass is 9.88. The quantitative estimate of drug-likeness (QED) is 0.105. The van der Waals surface area contributed by atoms with E-state index in [-0.39, 0.29) is 0 Å². The lowest BCUT2D eigenvalue weighted by molar-refractivity contribution is 0.144. The minimum atomic E-state index is -4.28. The van der Waals surface area contributed by atoms with Gasteiger partial charge in [0, 0.05) is 0 Å². The Morgan fingerprint density at radius 2 is 0.774 bits per heavy atom. The minimum Gasteiger partial charge on any atom is -0.455 e. The molecule has 272 valence electrons. The van der Waals surface area contributed by atoms with Crippen molar-refractivity contribution in [3.05, 3.63) is 71.8 Å². The smallest absolute Gasteiger partial charge is 0.381 e. The fourth-order valence-corrected chi connectivity index (χ4v) is 189. The Morgan fingerprint density at radius 3 is 1.08 bits per heavy atom. The van der Waals surface area contributed by atoms with E-state index in [1.807, 2.05) is 0 Å². The second kappa shape index (κ2) is 21.1. The molecule has 0 aliphatic carbocycles. The van der Waals surface area contributed by atoms with Crippen LogP contribution in [-0.4, -0.2) is 142 Å². The fraction of sp³-hybridized carbons (Fsp3) is 0.333. The van der Waals surface area contributed by atoms with Gasteiger partial charge in [0.1, 0.15) is 5.60 Å². The van der Waals surface area contributed by atoms with E-state index >= 15 is 0 Å². The van der Waals surface area contributed by atoms with Crippen LogP contribution in [0.2, 0.25) is 26.2 Å². The molecule has 0 N–H and O–H groups in total. The fourth-order valence-electron chi connectivity index (χ4n) is 4.11. The molecular weight excluding hydrogens is 994 g/mol. The van der Waals surface area contributed by atoms with E-state index in [2.05, 4.69) is 0 Å². The lowest BCUT2D eigenvalue weighted by Crippen LogP contribution is -2.56. The van der Waals surface area contributed by atoms with Gasteiger partial charge >= 0.3 is 116 Å². The van der Waals surface area contributed by atoms with Crippen LogP contribution in [0.25, 0.3) is 0 Å². The molecule has 0 amide bonds. The van der Waals surface area contributed by atoms with Gasteiger partial charge in [0.25, 0.3) is 9.28 Å². The molecule has 0 heterocycles. The lowest BCUT2D eigenvalue weighted by Gasteiger charge is -2.31. The molecule has 2 radical (unpaired) electrons. The molecule has 0 spiro atoms. The summed E-state index contributed by atoms with van der Waals surface area (Å²) in [5, 5.41) is 0. The molecule has 2 rings (SSSR count).